The summed E-state index contributed by atoms with van der Waals surface area (Å²) in [6, 6.07) is 6.65. The van der Waals surface area contributed by atoms with Crippen molar-refractivity contribution in [2.75, 3.05) is 6.61 Å². The van der Waals surface area contributed by atoms with E-state index < -0.39 is 17.1 Å². The molecular formula is C13H18ClNO3. The number of ether oxygens (including phenoxy) is 1. The third-order valence-corrected chi connectivity index (χ3v) is 3.33. The number of morpholine rings is 1. The highest BCUT2D eigenvalue weighted by molar-refractivity contribution is 6.30. The molecule has 0 amide bonds. The van der Waals surface area contributed by atoms with Gasteiger partial charge in [0.1, 0.15) is 0 Å². The summed E-state index contributed by atoms with van der Waals surface area (Å²) >= 11 is 5.91. The summed E-state index contributed by atoms with van der Waals surface area (Å²) < 4.78 is 5.52. The number of hydrogen-bond acceptors (Lipinski definition) is 4. The predicted molar refractivity (Wildman–Crippen MR) is 69.1 cm³/mol. The zero-order valence-electron chi connectivity index (χ0n) is 10.7. The summed E-state index contributed by atoms with van der Waals surface area (Å²) in [4.78, 5) is 0. The van der Waals surface area contributed by atoms with Crippen LogP contribution in [0.25, 0.3) is 0 Å². The van der Waals surface area contributed by atoms with Gasteiger partial charge in [0.05, 0.1) is 6.61 Å². The van der Waals surface area contributed by atoms with Gasteiger partial charge in [0.2, 0.25) is 5.79 Å². The number of benzene rings is 1. The van der Waals surface area contributed by atoms with Crippen molar-refractivity contribution in [1.82, 2.24) is 5.32 Å². The minimum Gasteiger partial charge on any atom is -0.370 e. The lowest BCUT2D eigenvalue weighted by atomic mass is 9.89. The van der Waals surface area contributed by atoms with Gasteiger partial charge in [-0.05, 0) is 32.9 Å². The second kappa shape index (κ2) is 4.18. The summed E-state index contributed by atoms with van der Waals surface area (Å²) in [7, 11) is 0. The van der Waals surface area contributed by atoms with Gasteiger partial charge in [-0.15, -0.1) is 0 Å². The molecule has 1 fully saturated rings. The van der Waals surface area contributed by atoms with Gasteiger partial charge in [-0.1, -0.05) is 23.7 Å². The number of nitrogens with one attached hydrogen (secondary N) is 1. The van der Waals surface area contributed by atoms with Gasteiger partial charge in [-0.3, -0.25) is 5.32 Å². The molecule has 2 rings (SSSR count). The minimum absolute atomic E-state index is 0.270. The van der Waals surface area contributed by atoms with Gasteiger partial charge in [-0.25, -0.2) is 0 Å². The Morgan fingerprint density at radius 3 is 2.50 bits per heavy atom. The molecule has 5 heteroatoms. The van der Waals surface area contributed by atoms with E-state index in [9.17, 15) is 10.2 Å². The fourth-order valence-corrected chi connectivity index (χ4v) is 2.46. The van der Waals surface area contributed by atoms with Gasteiger partial charge in [-0.2, -0.15) is 0 Å². The molecule has 1 aliphatic heterocycles. The average molecular weight is 272 g/mol. The Labute approximate surface area is 112 Å². The van der Waals surface area contributed by atoms with Gasteiger partial charge >= 0.3 is 0 Å². The van der Waals surface area contributed by atoms with E-state index in [1.807, 2.05) is 13.8 Å². The number of hydrogen-bond donors (Lipinski definition) is 3. The van der Waals surface area contributed by atoms with Crippen LogP contribution in [0.1, 0.15) is 26.3 Å². The fourth-order valence-electron chi connectivity index (χ4n) is 2.27. The monoisotopic (exact) mass is 271 g/mol. The quantitative estimate of drug-likeness (QED) is 0.726. The molecular weight excluding hydrogens is 254 g/mol. The van der Waals surface area contributed by atoms with Gasteiger partial charge in [0, 0.05) is 16.1 Å². The molecule has 0 unspecified atom stereocenters. The summed E-state index contributed by atoms with van der Waals surface area (Å²) in [6.07, 6.45) is 0. The fraction of sp³-hybridized carbons (Fsp3) is 0.538. The lowest BCUT2D eigenvalue weighted by molar-refractivity contribution is -0.349. The molecule has 2 atom stereocenters. The Morgan fingerprint density at radius 2 is 1.94 bits per heavy atom. The second-order valence-electron chi connectivity index (χ2n) is 5.52. The number of rotatable bonds is 1. The van der Waals surface area contributed by atoms with Crippen LogP contribution in [-0.4, -0.2) is 28.1 Å². The van der Waals surface area contributed by atoms with E-state index in [4.69, 9.17) is 16.3 Å². The molecule has 1 heterocycles. The van der Waals surface area contributed by atoms with E-state index in [-0.39, 0.29) is 6.61 Å². The van der Waals surface area contributed by atoms with E-state index in [1.165, 1.54) is 6.92 Å². The Hall–Kier alpha value is -0.650. The smallest absolute Gasteiger partial charge is 0.236 e. The summed E-state index contributed by atoms with van der Waals surface area (Å²) in [5.74, 6) is -1.83. The van der Waals surface area contributed by atoms with Crippen molar-refractivity contribution in [3.63, 3.8) is 0 Å². The van der Waals surface area contributed by atoms with Crippen LogP contribution in [-0.2, 0) is 10.5 Å². The molecule has 0 bridgehead atoms. The van der Waals surface area contributed by atoms with E-state index >= 15 is 0 Å². The molecule has 1 aromatic rings. The maximum Gasteiger partial charge on any atom is 0.236 e. The van der Waals surface area contributed by atoms with Crippen molar-refractivity contribution in [2.45, 2.75) is 37.8 Å². The second-order valence-corrected chi connectivity index (χ2v) is 5.96. The first kappa shape index (κ1) is 13.8. The SMILES string of the molecule is CC1(C)CO[C@@](O)(c2cccc(Cl)c2)[C@](C)(O)N1. The molecule has 0 aliphatic carbocycles. The molecule has 4 nitrogen and oxygen atoms in total. The maximum atomic E-state index is 10.6. The molecule has 0 radical (unpaired) electrons. The van der Waals surface area contributed by atoms with Crippen molar-refractivity contribution in [3.8, 4) is 0 Å². The first-order chi connectivity index (χ1) is 8.16. The molecule has 0 spiro atoms. The van der Waals surface area contributed by atoms with Gasteiger partial charge < -0.3 is 14.9 Å². The molecule has 18 heavy (non-hydrogen) atoms. The van der Waals surface area contributed by atoms with Crippen molar-refractivity contribution >= 4 is 11.6 Å². The molecule has 0 saturated carbocycles. The van der Waals surface area contributed by atoms with E-state index in [0.717, 1.165) is 0 Å². The summed E-state index contributed by atoms with van der Waals surface area (Å²) in [5, 5.41) is 24.5. The Balaban J connectivity index is 2.42. The van der Waals surface area contributed by atoms with E-state index in [1.54, 1.807) is 24.3 Å². The van der Waals surface area contributed by atoms with Crippen LogP contribution in [0.4, 0.5) is 0 Å². The Morgan fingerprint density at radius 1 is 1.28 bits per heavy atom. The highest BCUT2D eigenvalue weighted by Crippen LogP contribution is 2.38. The largest absolute Gasteiger partial charge is 0.370 e. The van der Waals surface area contributed by atoms with Crippen molar-refractivity contribution in [1.29, 1.82) is 0 Å². The number of halogens is 1. The predicted octanol–water partition coefficient (Wildman–Crippen LogP) is 1.59. The third-order valence-electron chi connectivity index (χ3n) is 3.10. The first-order valence-corrected chi connectivity index (χ1v) is 6.18. The van der Waals surface area contributed by atoms with Crippen LogP contribution >= 0.6 is 11.6 Å². The van der Waals surface area contributed by atoms with Crippen LogP contribution in [0.2, 0.25) is 5.02 Å². The molecule has 1 saturated heterocycles. The van der Waals surface area contributed by atoms with Crippen molar-refractivity contribution in [3.05, 3.63) is 34.9 Å². The van der Waals surface area contributed by atoms with E-state index in [2.05, 4.69) is 5.32 Å². The summed E-state index contributed by atoms with van der Waals surface area (Å²) in [5.41, 5.74) is -1.61. The van der Waals surface area contributed by atoms with E-state index in [0.29, 0.717) is 10.6 Å². The Bertz CT molecular complexity index is 461. The molecule has 1 aromatic carbocycles. The zero-order chi connectivity index (χ0) is 13.6. The minimum atomic E-state index is -1.83. The standard InChI is InChI=1S/C13H18ClNO3/c1-11(2)8-18-13(17,12(3,16)15-11)9-5-4-6-10(14)7-9/h4-7,15-17H,8H2,1-3H3/t12-,13-/m0/s1. The Kier molecular flexibility index (Phi) is 3.20. The van der Waals surface area contributed by atoms with Crippen LogP contribution in [0.3, 0.4) is 0 Å². The summed E-state index contributed by atoms with van der Waals surface area (Å²) in [6.45, 7) is 5.53. The topological polar surface area (TPSA) is 61.7 Å². The maximum absolute atomic E-state index is 10.6. The zero-order valence-corrected chi connectivity index (χ0v) is 11.5. The molecule has 3 N–H and O–H groups in total. The molecule has 0 aromatic heterocycles. The average Bonchev–Trinajstić information content (AvgIpc) is 2.23. The van der Waals surface area contributed by atoms with Gasteiger partial charge in [0.15, 0.2) is 5.72 Å². The third kappa shape index (κ3) is 2.27. The molecule has 100 valence electrons. The van der Waals surface area contributed by atoms with Gasteiger partial charge in [0.25, 0.3) is 0 Å². The van der Waals surface area contributed by atoms with Crippen molar-refractivity contribution in [2.24, 2.45) is 0 Å². The van der Waals surface area contributed by atoms with Crippen LogP contribution in [0, 0.1) is 0 Å². The number of aliphatic hydroxyl groups is 2. The van der Waals surface area contributed by atoms with Crippen LogP contribution in [0.15, 0.2) is 24.3 Å². The van der Waals surface area contributed by atoms with Crippen LogP contribution < -0.4 is 5.32 Å². The normalized spacial score (nSPS) is 35.4. The van der Waals surface area contributed by atoms with Crippen LogP contribution in [0.5, 0.6) is 0 Å². The lowest BCUT2D eigenvalue weighted by Gasteiger charge is -2.51. The lowest BCUT2D eigenvalue weighted by Crippen LogP contribution is -2.71. The highest BCUT2D eigenvalue weighted by Gasteiger charge is 2.55. The molecule has 1 aliphatic rings. The van der Waals surface area contributed by atoms with Crippen molar-refractivity contribution < 1.29 is 14.9 Å². The highest BCUT2D eigenvalue weighted by atomic mass is 35.5. The first-order valence-electron chi connectivity index (χ1n) is 5.80.